The first kappa shape index (κ1) is 31.9. The Labute approximate surface area is 200 Å². The first-order valence-corrected chi connectivity index (χ1v) is 11.7. The van der Waals surface area contributed by atoms with Gasteiger partial charge in [-0.2, -0.15) is 0 Å². The molecule has 1 unspecified atom stereocenters. The average Bonchev–Trinajstić information content (AvgIpc) is 2.73. The van der Waals surface area contributed by atoms with Crippen molar-refractivity contribution in [3.63, 3.8) is 0 Å². The number of aliphatic hydroxyl groups excluding tert-OH is 1. The van der Waals surface area contributed by atoms with Crippen molar-refractivity contribution < 1.29 is 24.9 Å². The van der Waals surface area contributed by atoms with Gasteiger partial charge in [-0.1, -0.05) is 95.8 Å². The molecule has 0 fully saturated rings. The van der Waals surface area contributed by atoms with Crippen molar-refractivity contribution in [3.8, 4) is 0 Å². The number of carbonyl (C=O) groups is 2. The predicted octanol–water partition coefficient (Wildman–Crippen LogP) is 6.04. The number of hydrogen-bond acceptors (Lipinski definition) is 3. The van der Waals surface area contributed by atoms with Crippen LogP contribution in [0.25, 0.3) is 0 Å². The molecule has 0 bridgehead atoms. The molecule has 0 aromatic heterocycles. The molecule has 31 heavy (non-hydrogen) atoms. The van der Waals surface area contributed by atoms with Crippen molar-refractivity contribution in [1.29, 1.82) is 0 Å². The second-order valence-corrected chi connectivity index (χ2v) is 7.94. The predicted molar refractivity (Wildman–Crippen MR) is 129 cm³/mol. The van der Waals surface area contributed by atoms with Crippen LogP contribution in [0, 0.1) is 0 Å². The molecule has 0 aliphatic heterocycles. The summed E-state index contributed by atoms with van der Waals surface area (Å²) in [6.45, 7) is 2.21. The quantitative estimate of drug-likeness (QED) is 0.207. The summed E-state index contributed by atoms with van der Waals surface area (Å²) in [5.74, 6) is -1.56. The van der Waals surface area contributed by atoms with Gasteiger partial charge in [-0.3, -0.25) is 4.79 Å². The summed E-state index contributed by atoms with van der Waals surface area (Å²) < 4.78 is 0. The van der Waals surface area contributed by atoms with Crippen LogP contribution in [0.1, 0.15) is 114 Å². The first-order chi connectivity index (χ1) is 14.5. The minimum absolute atomic E-state index is 0. The summed E-state index contributed by atoms with van der Waals surface area (Å²) >= 11 is 0. The van der Waals surface area contributed by atoms with E-state index in [1.807, 2.05) is 0 Å². The molecule has 0 heterocycles. The van der Waals surface area contributed by atoms with E-state index in [9.17, 15) is 14.7 Å². The Hall–Kier alpha value is -1.28. The number of unbranched alkanes of at least 4 members (excludes halogenated alkanes) is 10. The molecule has 5 nitrogen and oxygen atoms in total. The van der Waals surface area contributed by atoms with E-state index in [1.54, 1.807) is 30.3 Å². The maximum absolute atomic E-state index is 10.3. The van der Waals surface area contributed by atoms with Crippen molar-refractivity contribution in [2.24, 2.45) is 0 Å². The molecule has 0 radical (unpaired) electrons. The normalized spacial score (nSPS) is 11.0. The molecule has 0 amide bonds. The Kier molecular flexibility index (Phi) is 24.1. The number of carboxylic acid groups (broad SMARTS) is 2. The van der Waals surface area contributed by atoms with E-state index >= 15 is 0 Å². The van der Waals surface area contributed by atoms with Crippen molar-refractivity contribution >= 4 is 30.8 Å². The van der Waals surface area contributed by atoms with Gasteiger partial charge in [0.2, 0.25) is 0 Å². The number of benzene rings is 1. The van der Waals surface area contributed by atoms with Crippen LogP contribution in [0.4, 0.5) is 0 Å². The second-order valence-electron chi connectivity index (χ2n) is 7.94. The molecule has 3 N–H and O–H groups in total. The molecule has 0 aliphatic carbocycles. The van der Waals surface area contributed by atoms with E-state index in [1.165, 1.54) is 51.4 Å². The summed E-state index contributed by atoms with van der Waals surface area (Å²) in [6, 6.07) is 8.30. The molecule has 1 aromatic carbocycles. The SMILES string of the molecule is CCCCCCC(O)CCCCCCCCCCC(=O)O.O=C(O)c1ccccc1.[LiH]. The van der Waals surface area contributed by atoms with Gasteiger partial charge in [0.05, 0.1) is 11.7 Å². The van der Waals surface area contributed by atoms with Gasteiger partial charge in [-0.25, -0.2) is 4.79 Å². The number of aliphatic hydroxyl groups is 1. The van der Waals surface area contributed by atoms with Crippen LogP contribution in [0.3, 0.4) is 0 Å². The van der Waals surface area contributed by atoms with Gasteiger partial charge in [0.15, 0.2) is 0 Å². The zero-order valence-electron chi connectivity index (χ0n) is 18.7. The van der Waals surface area contributed by atoms with Gasteiger partial charge in [-0.15, -0.1) is 0 Å². The molecular formula is C25H43LiO5. The molecule has 0 saturated carbocycles. The molecular weight excluding hydrogens is 387 g/mol. The van der Waals surface area contributed by atoms with Crippen LogP contribution in [0.15, 0.2) is 30.3 Å². The van der Waals surface area contributed by atoms with Crippen molar-refractivity contribution in [2.75, 3.05) is 0 Å². The van der Waals surface area contributed by atoms with E-state index in [-0.39, 0.29) is 25.0 Å². The molecule has 6 heteroatoms. The van der Waals surface area contributed by atoms with Gasteiger partial charge in [0.25, 0.3) is 0 Å². The number of rotatable bonds is 17. The fourth-order valence-electron chi connectivity index (χ4n) is 3.25. The molecule has 0 aliphatic rings. The van der Waals surface area contributed by atoms with E-state index < -0.39 is 11.9 Å². The fraction of sp³-hybridized carbons (Fsp3) is 0.680. The van der Waals surface area contributed by atoms with Gasteiger partial charge in [0, 0.05) is 6.42 Å². The summed E-state index contributed by atoms with van der Waals surface area (Å²) in [6.07, 6.45) is 16.3. The summed E-state index contributed by atoms with van der Waals surface area (Å²) in [7, 11) is 0. The Bertz CT molecular complexity index is 536. The van der Waals surface area contributed by atoms with Crippen molar-refractivity contribution in [2.45, 2.75) is 109 Å². The monoisotopic (exact) mass is 430 g/mol. The Morgan fingerprint density at radius 2 is 1.19 bits per heavy atom. The Morgan fingerprint density at radius 1 is 0.742 bits per heavy atom. The summed E-state index contributed by atoms with van der Waals surface area (Å²) in [4.78, 5) is 20.5. The van der Waals surface area contributed by atoms with Crippen LogP contribution in [0.5, 0.6) is 0 Å². The molecule has 0 spiro atoms. The van der Waals surface area contributed by atoms with E-state index in [0.717, 1.165) is 38.5 Å². The molecule has 174 valence electrons. The number of hydrogen-bond donors (Lipinski definition) is 3. The van der Waals surface area contributed by atoms with Crippen LogP contribution >= 0.6 is 0 Å². The van der Waals surface area contributed by atoms with Crippen LogP contribution < -0.4 is 0 Å². The standard InChI is InChI=1S/C18H36O3.C7H6O2.Li.H/c1-2-3-4-11-14-17(19)15-12-9-7-5-6-8-10-13-16-18(20)21;8-7(9)6-4-2-1-3-5-6;;/h17,19H,2-16H2,1H3,(H,20,21);1-5H,(H,8,9);;. The van der Waals surface area contributed by atoms with Gasteiger partial charge < -0.3 is 15.3 Å². The van der Waals surface area contributed by atoms with E-state index in [2.05, 4.69) is 6.92 Å². The Balaban J connectivity index is 0. The summed E-state index contributed by atoms with van der Waals surface area (Å²) in [5.41, 5.74) is 0.331. The van der Waals surface area contributed by atoms with Crippen LogP contribution in [0.2, 0.25) is 0 Å². The third-order valence-electron chi connectivity index (χ3n) is 5.09. The third kappa shape index (κ3) is 23.2. The van der Waals surface area contributed by atoms with Gasteiger partial charge in [0.1, 0.15) is 0 Å². The molecule has 1 rings (SSSR count). The van der Waals surface area contributed by atoms with Gasteiger partial charge in [-0.05, 0) is 31.4 Å². The van der Waals surface area contributed by atoms with Gasteiger partial charge >= 0.3 is 30.8 Å². The van der Waals surface area contributed by atoms with Crippen LogP contribution in [-0.2, 0) is 4.79 Å². The summed E-state index contributed by atoms with van der Waals surface area (Å²) in [5, 5.41) is 26.7. The number of aliphatic carboxylic acids is 1. The molecule has 0 saturated heterocycles. The topological polar surface area (TPSA) is 94.8 Å². The zero-order valence-corrected chi connectivity index (χ0v) is 18.7. The Morgan fingerprint density at radius 3 is 1.61 bits per heavy atom. The number of carboxylic acids is 2. The zero-order chi connectivity index (χ0) is 22.5. The fourth-order valence-corrected chi connectivity index (χ4v) is 3.25. The number of aromatic carboxylic acids is 1. The van der Waals surface area contributed by atoms with E-state index in [0.29, 0.717) is 12.0 Å². The maximum atomic E-state index is 10.3. The minimum atomic E-state index is -0.879. The van der Waals surface area contributed by atoms with Crippen molar-refractivity contribution in [1.82, 2.24) is 0 Å². The van der Waals surface area contributed by atoms with Crippen molar-refractivity contribution in [3.05, 3.63) is 35.9 Å². The van der Waals surface area contributed by atoms with E-state index in [4.69, 9.17) is 10.2 Å². The molecule has 1 atom stereocenters. The average molecular weight is 431 g/mol. The third-order valence-corrected chi connectivity index (χ3v) is 5.09. The molecule has 1 aromatic rings. The van der Waals surface area contributed by atoms with Crippen LogP contribution in [-0.4, -0.2) is 52.2 Å². The second kappa shape index (κ2) is 23.4. The first-order valence-electron chi connectivity index (χ1n) is 11.7.